The monoisotopic (exact) mass is 409 g/mol. The molecule has 0 unspecified atom stereocenters. The Balaban J connectivity index is 1.61. The van der Waals surface area contributed by atoms with Gasteiger partial charge in [-0.3, -0.25) is 18.9 Å². The molecule has 1 aliphatic rings. The Morgan fingerprint density at radius 2 is 1.93 bits per heavy atom. The Morgan fingerprint density at radius 3 is 2.67 bits per heavy atom. The van der Waals surface area contributed by atoms with Crippen molar-refractivity contribution in [3.63, 3.8) is 0 Å². The quantitative estimate of drug-likeness (QED) is 0.581. The number of aromatic nitrogens is 4. The Labute approximate surface area is 175 Å². The molecular formula is C22H27N5O3. The summed E-state index contributed by atoms with van der Waals surface area (Å²) >= 11 is 0. The van der Waals surface area contributed by atoms with Gasteiger partial charge < -0.3 is 9.47 Å². The highest BCUT2D eigenvalue weighted by Gasteiger charge is 2.20. The lowest BCUT2D eigenvalue weighted by molar-refractivity contribution is 0.270. The van der Waals surface area contributed by atoms with Crippen LogP contribution in [-0.4, -0.2) is 51.5 Å². The summed E-state index contributed by atoms with van der Waals surface area (Å²) in [6.45, 7) is 9.58. The van der Waals surface area contributed by atoms with Crippen molar-refractivity contribution in [3.8, 4) is 11.5 Å². The third kappa shape index (κ3) is 3.59. The third-order valence-electron chi connectivity index (χ3n) is 5.73. The highest BCUT2D eigenvalue weighted by atomic mass is 16.5. The van der Waals surface area contributed by atoms with Crippen LogP contribution >= 0.6 is 0 Å². The zero-order valence-electron chi connectivity index (χ0n) is 17.7. The predicted octanol–water partition coefficient (Wildman–Crippen LogP) is 2.16. The summed E-state index contributed by atoms with van der Waals surface area (Å²) in [7, 11) is 3.15. The number of benzene rings is 1. The molecule has 0 saturated heterocycles. The minimum absolute atomic E-state index is 0.0345. The minimum Gasteiger partial charge on any atom is -0.493 e. The van der Waals surface area contributed by atoms with Crippen LogP contribution in [-0.2, 0) is 26.1 Å². The van der Waals surface area contributed by atoms with Crippen molar-refractivity contribution in [2.45, 2.75) is 33.0 Å². The van der Waals surface area contributed by atoms with E-state index >= 15 is 0 Å². The number of ether oxygens (including phenoxy) is 2. The highest BCUT2D eigenvalue weighted by molar-refractivity contribution is 5.82. The second kappa shape index (κ2) is 8.31. The van der Waals surface area contributed by atoms with Crippen molar-refractivity contribution < 1.29 is 9.47 Å². The molecule has 8 heteroatoms. The van der Waals surface area contributed by atoms with Crippen molar-refractivity contribution in [2.24, 2.45) is 0 Å². The van der Waals surface area contributed by atoms with Gasteiger partial charge in [-0.1, -0.05) is 6.08 Å². The number of nitrogens with zero attached hydrogens (tertiary/aromatic N) is 5. The highest BCUT2D eigenvalue weighted by Crippen LogP contribution is 2.30. The summed E-state index contributed by atoms with van der Waals surface area (Å²) in [5.41, 5.74) is 2.95. The second-order valence-corrected chi connectivity index (χ2v) is 7.46. The van der Waals surface area contributed by atoms with Crippen LogP contribution < -0.4 is 15.0 Å². The molecule has 3 heterocycles. The molecule has 0 spiro atoms. The van der Waals surface area contributed by atoms with E-state index in [0.717, 1.165) is 31.2 Å². The normalized spacial score (nSPS) is 14.4. The standard InChI is InChI=1S/C22H27N5O3/c1-5-7-27-15(2)16(13-23-27)14-25-8-6-21-24-18-12-20(30-4)19(29-3)11-17(18)22(28)26(21)10-9-25/h5,11-13H,1,6-10,14H2,2-4H3. The van der Waals surface area contributed by atoms with Crippen LogP contribution in [0.25, 0.3) is 10.9 Å². The Hall–Kier alpha value is -3.13. The second-order valence-electron chi connectivity index (χ2n) is 7.46. The van der Waals surface area contributed by atoms with Crippen molar-refractivity contribution >= 4 is 10.9 Å². The Bertz CT molecular complexity index is 1150. The largest absolute Gasteiger partial charge is 0.493 e. The third-order valence-corrected chi connectivity index (χ3v) is 5.73. The summed E-state index contributed by atoms with van der Waals surface area (Å²) in [5.74, 6) is 1.91. The zero-order chi connectivity index (χ0) is 21.3. The maximum absolute atomic E-state index is 13.2. The van der Waals surface area contributed by atoms with Crippen LogP contribution in [0, 0.1) is 6.92 Å². The molecule has 0 atom stereocenters. The Morgan fingerprint density at radius 1 is 1.17 bits per heavy atom. The summed E-state index contributed by atoms with van der Waals surface area (Å²) in [6, 6.07) is 3.49. The van der Waals surface area contributed by atoms with Crippen LogP contribution in [0.15, 0.2) is 35.8 Å². The maximum Gasteiger partial charge on any atom is 0.261 e. The molecule has 0 N–H and O–H groups in total. The van der Waals surface area contributed by atoms with Crippen molar-refractivity contribution in [1.82, 2.24) is 24.2 Å². The molecule has 0 saturated carbocycles. The van der Waals surface area contributed by atoms with Gasteiger partial charge in [0.25, 0.3) is 5.56 Å². The maximum atomic E-state index is 13.2. The average molecular weight is 409 g/mol. The fourth-order valence-electron chi connectivity index (χ4n) is 3.97. The molecule has 30 heavy (non-hydrogen) atoms. The summed E-state index contributed by atoms with van der Waals surface area (Å²) in [6.07, 6.45) is 4.48. The molecule has 1 aromatic carbocycles. The first-order chi connectivity index (χ1) is 14.5. The van der Waals surface area contributed by atoms with Gasteiger partial charge in [0, 0.05) is 49.9 Å². The lowest BCUT2D eigenvalue weighted by Crippen LogP contribution is -2.29. The Kier molecular flexibility index (Phi) is 5.59. The van der Waals surface area contributed by atoms with Gasteiger partial charge in [0.05, 0.1) is 37.9 Å². The van der Waals surface area contributed by atoms with Crippen LogP contribution in [0.5, 0.6) is 11.5 Å². The molecule has 8 nitrogen and oxygen atoms in total. The van der Waals surface area contributed by atoms with E-state index in [4.69, 9.17) is 14.5 Å². The van der Waals surface area contributed by atoms with Crippen LogP contribution in [0.2, 0.25) is 0 Å². The van der Waals surface area contributed by atoms with Crippen LogP contribution in [0.1, 0.15) is 17.1 Å². The lowest BCUT2D eigenvalue weighted by atomic mass is 10.2. The van der Waals surface area contributed by atoms with Crippen molar-refractivity contribution in [2.75, 3.05) is 27.3 Å². The van der Waals surface area contributed by atoms with Crippen molar-refractivity contribution in [3.05, 3.63) is 58.4 Å². The first-order valence-electron chi connectivity index (χ1n) is 10.1. The van der Waals surface area contributed by atoms with E-state index in [9.17, 15) is 4.79 Å². The van der Waals surface area contributed by atoms with Gasteiger partial charge >= 0.3 is 0 Å². The lowest BCUT2D eigenvalue weighted by Gasteiger charge is -2.19. The zero-order valence-corrected chi connectivity index (χ0v) is 17.7. The van der Waals surface area contributed by atoms with E-state index in [-0.39, 0.29) is 5.56 Å². The first-order valence-corrected chi connectivity index (χ1v) is 10.1. The molecule has 2 aromatic heterocycles. The number of allylic oxidation sites excluding steroid dienone is 1. The molecule has 0 aliphatic carbocycles. The molecule has 3 aromatic rings. The van der Waals surface area contributed by atoms with Gasteiger partial charge in [-0.15, -0.1) is 6.58 Å². The van der Waals surface area contributed by atoms with Crippen LogP contribution in [0.3, 0.4) is 0 Å². The van der Waals surface area contributed by atoms with Gasteiger partial charge in [0.2, 0.25) is 0 Å². The van der Waals surface area contributed by atoms with Gasteiger partial charge in [-0.25, -0.2) is 4.98 Å². The van der Waals surface area contributed by atoms with E-state index < -0.39 is 0 Å². The number of rotatable bonds is 6. The van der Waals surface area contributed by atoms with Gasteiger partial charge in [0.1, 0.15) is 5.82 Å². The van der Waals surface area contributed by atoms with Crippen molar-refractivity contribution in [1.29, 1.82) is 0 Å². The summed E-state index contributed by atoms with van der Waals surface area (Å²) in [5, 5.41) is 4.99. The SMILES string of the molecule is C=CCn1ncc(CN2CCc3nc4cc(OC)c(OC)cc4c(=O)n3CC2)c1C. The molecular weight excluding hydrogens is 382 g/mol. The fraction of sp³-hybridized carbons (Fsp3) is 0.409. The number of hydrogen-bond donors (Lipinski definition) is 0. The van der Waals surface area contributed by atoms with Crippen LogP contribution in [0.4, 0.5) is 0 Å². The van der Waals surface area contributed by atoms with Gasteiger partial charge in [0.15, 0.2) is 11.5 Å². The molecule has 0 amide bonds. The average Bonchev–Trinajstić information content (AvgIpc) is 2.96. The van der Waals surface area contributed by atoms with E-state index in [0.29, 0.717) is 41.9 Å². The minimum atomic E-state index is -0.0345. The number of methoxy groups -OCH3 is 2. The van der Waals surface area contributed by atoms with Gasteiger partial charge in [-0.2, -0.15) is 5.10 Å². The molecule has 0 fully saturated rings. The van der Waals surface area contributed by atoms with Gasteiger partial charge in [-0.05, 0) is 13.0 Å². The smallest absolute Gasteiger partial charge is 0.261 e. The number of hydrogen-bond acceptors (Lipinski definition) is 6. The van der Waals surface area contributed by atoms with E-state index in [2.05, 4.69) is 23.5 Å². The molecule has 1 aliphatic heterocycles. The fourth-order valence-corrected chi connectivity index (χ4v) is 3.97. The first kappa shape index (κ1) is 20.2. The predicted molar refractivity (Wildman–Crippen MR) is 115 cm³/mol. The number of fused-ring (bicyclic) bond motifs is 2. The molecule has 158 valence electrons. The summed E-state index contributed by atoms with van der Waals surface area (Å²) in [4.78, 5) is 20.3. The topological polar surface area (TPSA) is 74.4 Å². The van der Waals surface area contributed by atoms with E-state index in [1.807, 2.05) is 17.0 Å². The molecule has 0 radical (unpaired) electrons. The summed E-state index contributed by atoms with van der Waals surface area (Å²) < 4.78 is 14.5. The molecule has 4 rings (SSSR count). The van der Waals surface area contributed by atoms with E-state index in [1.165, 1.54) is 5.56 Å². The molecule has 0 bridgehead atoms. The van der Waals surface area contributed by atoms with E-state index in [1.54, 1.807) is 30.9 Å².